The molecule has 0 aliphatic carbocycles. The van der Waals surface area contributed by atoms with Crippen LogP contribution in [0, 0.1) is 0 Å². The average molecular weight is 270 g/mol. The van der Waals surface area contributed by atoms with E-state index in [0.717, 1.165) is 38.3 Å². The molecule has 1 atom stereocenters. The maximum Gasteiger partial charge on any atom is 0.302 e. The van der Waals surface area contributed by atoms with Crippen LogP contribution in [0.1, 0.15) is 11.1 Å². The maximum atomic E-state index is 10.4. The molecule has 1 heterocycles. The van der Waals surface area contributed by atoms with E-state index in [2.05, 4.69) is 14.4 Å². The van der Waals surface area contributed by atoms with Gasteiger partial charge in [0.1, 0.15) is 0 Å². The Balaban J connectivity index is 1.84. The van der Waals surface area contributed by atoms with Crippen molar-refractivity contribution >= 4 is 11.4 Å². The first kappa shape index (κ1) is 13.6. The van der Waals surface area contributed by atoms with Crippen molar-refractivity contribution in [1.82, 2.24) is 10.2 Å². The van der Waals surface area contributed by atoms with Crippen molar-refractivity contribution in [2.24, 2.45) is 0 Å². The summed E-state index contributed by atoms with van der Waals surface area (Å²) in [6, 6.07) is 7.96. The third-order valence-corrected chi connectivity index (χ3v) is 3.28. The van der Waals surface area contributed by atoms with Crippen molar-refractivity contribution in [2.45, 2.75) is 13.2 Å². The van der Waals surface area contributed by atoms with Crippen molar-refractivity contribution in [3.05, 3.63) is 35.4 Å². The van der Waals surface area contributed by atoms with E-state index in [9.17, 15) is 4.21 Å². The third-order valence-electron chi connectivity index (χ3n) is 2.97. The van der Waals surface area contributed by atoms with E-state index < -0.39 is 11.4 Å². The van der Waals surface area contributed by atoms with Gasteiger partial charge in [-0.05, 0) is 11.1 Å². The smallest absolute Gasteiger partial charge is 0.302 e. The quantitative estimate of drug-likeness (QED) is 0.773. The lowest BCUT2D eigenvalue weighted by molar-refractivity contribution is 0.233. The highest BCUT2D eigenvalue weighted by Crippen LogP contribution is 2.09. The normalized spacial score (nSPS) is 18.7. The molecular formula is C12H18N2O3S. The minimum Gasteiger partial charge on any atom is -0.314 e. The highest BCUT2D eigenvalue weighted by molar-refractivity contribution is 7.74. The average Bonchev–Trinajstić information content (AvgIpc) is 2.39. The molecule has 1 aliphatic rings. The van der Waals surface area contributed by atoms with Gasteiger partial charge in [-0.1, -0.05) is 24.3 Å². The lowest BCUT2D eigenvalue weighted by atomic mass is 10.1. The van der Waals surface area contributed by atoms with Crippen LogP contribution in [0.25, 0.3) is 0 Å². The summed E-state index contributed by atoms with van der Waals surface area (Å²) in [5, 5.41) is 3.33. The summed E-state index contributed by atoms with van der Waals surface area (Å²) in [7, 11) is 0. The molecule has 18 heavy (non-hydrogen) atoms. The van der Waals surface area contributed by atoms with Gasteiger partial charge in [0, 0.05) is 32.7 Å². The van der Waals surface area contributed by atoms with Crippen molar-refractivity contribution in [3.63, 3.8) is 0 Å². The van der Waals surface area contributed by atoms with Gasteiger partial charge in [-0.2, -0.15) is 4.21 Å². The molecule has 0 aromatic heterocycles. The van der Waals surface area contributed by atoms with Crippen LogP contribution in [0.15, 0.2) is 24.3 Å². The van der Waals surface area contributed by atoms with E-state index in [1.165, 1.54) is 5.56 Å². The van der Waals surface area contributed by atoms with Gasteiger partial charge in [0.2, 0.25) is 0 Å². The van der Waals surface area contributed by atoms with Crippen LogP contribution in [0.5, 0.6) is 0 Å². The predicted octanol–water partition coefficient (Wildman–Crippen LogP) is 0.745. The Kier molecular flexibility index (Phi) is 5.27. The lowest BCUT2D eigenvalue weighted by Gasteiger charge is -2.27. The SMILES string of the molecule is O=S(O)OCc1ccc(CN2CCNCC2)cc1. The molecule has 0 saturated carbocycles. The van der Waals surface area contributed by atoms with Crippen LogP contribution < -0.4 is 5.32 Å². The molecule has 100 valence electrons. The van der Waals surface area contributed by atoms with Crippen LogP contribution >= 0.6 is 0 Å². The summed E-state index contributed by atoms with van der Waals surface area (Å²) in [5.41, 5.74) is 2.16. The van der Waals surface area contributed by atoms with Crippen molar-refractivity contribution in [2.75, 3.05) is 26.2 Å². The molecule has 2 N–H and O–H groups in total. The Bertz CT molecular complexity index is 391. The lowest BCUT2D eigenvalue weighted by Crippen LogP contribution is -2.42. The number of nitrogens with zero attached hydrogens (tertiary/aromatic N) is 1. The Morgan fingerprint density at radius 2 is 1.83 bits per heavy atom. The topological polar surface area (TPSA) is 61.8 Å². The van der Waals surface area contributed by atoms with Gasteiger partial charge in [-0.3, -0.25) is 13.6 Å². The van der Waals surface area contributed by atoms with Crippen LogP contribution in [0.2, 0.25) is 0 Å². The molecule has 2 rings (SSSR count). The van der Waals surface area contributed by atoms with Gasteiger partial charge in [-0.15, -0.1) is 0 Å². The largest absolute Gasteiger partial charge is 0.314 e. The summed E-state index contributed by atoms with van der Waals surface area (Å²) < 4.78 is 23.5. The van der Waals surface area contributed by atoms with E-state index in [1.807, 2.05) is 24.3 Å². The second-order valence-corrected chi connectivity index (χ2v) is 4.99. The zero-order valence-electron chi connectivity index (χ0n) is 10.2. The zero-order valence-corrected chi connectivity index (χ0v) is 11.0. The second-order valence-electron chi connectivity index (χ2n) is 4.32. The number of rotatable bonds is 5. The molecule has 1 aromatic carbocycles. The fourth-order valence-electron chi connectivity index (χ4n) is 1.99. The molecule has 1 unspecified atom stereocenters. The molecule has 5 nitrogen and oxygen atoms in total. The molecule has 1 fully saturated rings. The van der Waals surface area contributed by atoms with Crippen molar-refractivity contribution < 1.29 is 12.9 Å². The van der Waals surface area contributed by atoms with E-state index in [1.54, 1.807) is 0 Å². The third kappa shape index (κ3) is 4.47. The van der Waals surface area contributed by atoms with Crippen LogP contribution in [-0.4, -0.2) is 39.8 Å². The molecule has 1 saturated heterocycles. The number of nitrogens with one attached hydrogen (secondary N) is 1. The molecule has 1 aromatic rings. The first-order valence-electron chi connectivity index (χ1n) is 5.99. The first-order chi connectivity index (χ1) is 8.74. The summed E-state index contributed by atoms with van der Waals surface area (Å²) in [4.78, 5) is 2.41. The van der Waals surface area contributed by atoms with Crippen molar-refractivity contribution in [3.8, 4) is 0 Å². The van der Waals surface area contributed by atoms with Gasteiger partial charge in [0.05, 0.1) is 6.61 Å². The molecule has 0 amide bonds. The number of piperazine rings is 1. The summed E-state index contributed by atoms with van der Waals surface area (Å²) in [6.45, 7) is 5.37. The van der Waals surface area contributed by atoms with E-state index in [-0.39, 0.29) is 6.61 Å². The number of hydrogen-bond acceptors (Lipinski definition) is 4. The summed E-state index contributed by atoms with van der Waals surface area (Å²) >= 11 is -2.19. The monoisotopic (exact) mass is 270 g/mol. The van der Waals surface area contributed by atoms with Gasteiger partial charge in [0.15, 0.2) is 0 Å². The summed E-state index contributed by atoms with van der Waals surface area (Å²) in [5.74, 6) is 0. The Morgan fingerprint density at radius 1 is 1.22 bits per heavy atom. The van der Waals surface area contributed by atoms with Crippen LogP contribution in [0.3, 0.4) is 0 Å². The van der Waals surface area contributed by atoms with Gasteiger partial charge < -0.3 is 5.32 Å². The minimum atomic E-state index is -2.19. The Morgan fingerprint density at radius 3 is 2.44 bits per heavy atom. The van der Waals surface area contributed by atoms with E-state index in [0.29, 0.717) is 0 Å². The molecular weight excluding hydrogens is 252 g/mol. The highest BCUT2D eigenvalue weighted by Gasteiger charge is 2.09. The van der Waals surface area contributed by atoms with Gasteiger partial charge in [-0.25, -0.2) is 0 Å². The number of benzene rings is 1. The molecule has 0 bridgehead atoms. The highest BCUT2D eigenvalue weighted by atomic mass is 32.2. The Labute approximate surface area is 110 Å². The molecule has 0 radical (unpaired) electrons. The summed E-state index contributed by atoms with van der Waals surface area (Å²) in [6.07, 6.45) is 0. The van der Waals surface area contributed by atoms with E-state index >= 15 is 0 Å². The van der Waals surface area contributed by atoms with E-state index in [4.69, 9.17) is 4.55 Å². The van der Waals surface area contributed by atoms with Gasteiger partial charge >= 0.3 is 11.4 Å². The van der Waals surface area contributed by atoms with Crippen LogP contribution in [-0.2, 0) is 28.7 Å². The molecule has 6 heteroatoms. The second kappa shape index (κ2) is 6.96. The molecule has 1 aliphatic heterocycles. The first-order valence-corrected chi connectivity index (χ1v) is 7.02. The molecule has 0 spiro atoms. The maximum absolute atomic E-state index is 10.4. The Hall–Kier alpha value is -0.790. The number of hydrogen-bond donors (Lipinski definition) is 2. The van der Waals surface area contributed by atoms with Gasteiger partial charge in [0.25, 0.3) is 0 Å². The zero-order chi connectivity index (χ0) is 12.8. The fraction of sp³-hybridized carbons (Fsp3) is 0.500. The standard InChI is InChI=1S/C12H18N2O3S/c15-18(16)17-10-12-3-1-11(2-4-12)9-14-7-5-13-6-8-14/h1-4,13H,5-10H2,(H,15,16). The van der Waals surface area contributed by atoms with Crippen molar-refractivity contribution in [1.29, 1.82) is 0 Å². The fourth-order valence-corrected chi connectivity index (χ4v) is 2.22. The minimum absolute atomic E-state index is 0.164. The predicted molar refractivity (Wildman–Crippen MR) is 70.1 cm³/mol. The van der Waals surface area contributed by atoms with Crippen LogP contribution in [0.4, 0.5) is 0 Å².